The molecule has 1 N–H and O–H groups in total. The van der Waals surface area contributed by atoms with Crippen molar-refractivity contribution >= 4 is 0 Å². The van der Waals surface area contributed by atoms with Crippen LogP contribution in [0.5, 0.6) is 0 Å². The molecule has 0 amide bonds. The molecule has 3 rings (SSSR count). The van der Waals surface area contributed by atoms with Gasteiger partial charge in [0.1, 0.15) is 0 Å². The smallest absolute Gasteiger partial charge is 0.00722 e. The average molecular weight is 271 g/mol. The summed E-state index contributed by atoms with van der Waals surface area (Å²) in [7, 11) is 0. The van der Waals surface area contributed by atoms with Crippen molar-refractivity contribution in [2.45, 2.75) is 70.4 Å². The zero-order valence-electron chi connectivity index (χ0n) is 12.9. The summed E-state index contributed by atoms with van der Waals surface area (Å²) in [5, 5.41) is 3.90. The molecular formula is C19H29N. The van der Waals surface area contributed by atoms with Gasteiger partial charge in [0, 0.05) is 12.1 Å². The lowest BCUT2D eigenvalue weighted by Gasteiger charge is -2.32. The summed E-state index contributed by atoms with van der Waals surface area (Å²) in [6.45, 7) is 2.36. The average Bonchev–Trinajstić information content (AvgIpc) is 3.31. The van der Waals surface area contributed by atoms with Crippen LogP contribution in [0, 0.1) is 11.8 Å². The van der Waals surface area contributed by atoms with Gasteiger partial charge in [-0.3, -0.25) is 0 Å². The Labute approximate surface area is 124 Å². The van der Waals surface area contributed by atoms with E-state index in [0.29, 0.717) is 6.04 Å². The predicted octanol–water partition coefficient (Wildman–Crippen LogP) is 4.57. The summed E-state index contributed by atoms with van der Waals surface area (Å²) in [4.78, 5) is 0. The molecule has 1 nitrogen and oxygen atoms in total. The van der Waals surface area contributed by atoms with Crippen molar-refractivity contribution < 1.29 is 0 Å². The Kier molecular flexibility index (Phi) is 4.77. The van der Waals surface area contributed by atoms with Gasteiger partial charge in [0.2, 0.25) is 0 Å². The molecule has 20 heavy (non-hydrogen) atoms. The molecule has 1 aromatic carbocycles. The fourth-order valence-corrected chi connectivity index (χ4v) is 3.89. The standard InChI is InChI=1S/C19H29N/c1-15(10-11-16-6-3-2-4-7-16)20-19-9-5-8-18(14-19)17-12-13-17/h2-4,6-7,15,17-20H,5,8-14H2,1H3. The summed E-state index contributed by atoms with van der Waals surface area (Å²) in [6, 6.07) is 12.3. The molecule has 1 aromatic rings. The van der Waals surface area contributed by atoms with Crippen molar-refractivity contribution in [1.29, 1.82) is 0 Å². The maximum absolute atomic E-state index is 3.90. The Morgan fingerprint density at radius 2 is 1.85 bits per heavy atom. The molecule has 3 unspecified atom stereocenters. The molecule has 1 heteroatoms. The third kappa shape index (κ3) is 4.09. The summed E-state index contributed by atoms with van der Waals surface area (Å²) < 4.78 is 0. The molecule has 0 bridgehead atoms. The Bertz CT molecular complexity index is 395. The normalized spacial score (nSPS) is 28.2. The zero-order valence-corrected chi connectivity index (χ0v) is 12.9. The third-order valence-corrected chi connectivity index (χ3v) is 5.23. The highest BCUT2D eigenvalue weighted by Gasteiger charge is 2.34. The third-order valence-electron chi connectivity index (χ3n) is 5.23. The van der Waals surface area contributed by atoms with Crippen molar-refractivity contribution in [1.82, 2.24) is 5.32 Å². The van der Waals surface area contributed by atoms with Crippen LogP contribution in [0.3, 0.4) is 0 Å². The Morgan fingerprint density at radius 1 is 1.05 bits per heavy atom. The van der Waals surface area contributed by atoms with Gasteiger partial charge in [0.15, 0.2) is 0 Å². The molecule has 3 atom stereocenters. The Balaban J connectivity index is 1.40. The largest absolute Gasteiger partial charge is 0.311 e. The van der Waals surface area contributed by atoms with E-state index in [9.17, 15) is 0 Å². The van der Waals surface area contributed by atoms with Gasteiger partial charge < -0.3 is 5.32 Å². The highest BCUT2D eigenvalue weighted by Crippen LogP contribution is 2.43. The Morgan fingerprint density at radius 3 is 2.60 bits per heavy atom. The van der Waals surface area contributed by atoms with Crippen molar-refractivity contribution in [3.05, 3.63) is 35.9 Å². The molecule has 2 aliphatic rings. The SMILES string of the molecule is CC(CCc1ccccc1)NC1CCCC(C2CC2)C1. The van der Waals surface area contributed by atoms with E-state index in [0.717, 1.165) is 17.9 Å². The fraction of sp³-hybridized carbons (Fsp3) is 0.684. The molecule has 0 saturated heterocycles. The van der Waals surface area contributed by atoms with Crippen LogP contribution in [0.2, 0.25) is 0 Å². The maximum Gasteiger partial charge on any atom is 0.00722 e. The molecule has 0 heterocycles. The first-order chi connectivity index (χ1) is 9.81. The lowest BCUT2D eigenvalue weighted by atomic mass is 9.82. The highest BCUT2D eigenvalue weighted by atomic mass is 14.9. The van der Waals surface area contributed by atoms with Gasteiger partial charge in [-0.1, -0.05) is 43.2 Å². The lowest BCUT2D eigenvalue weighted by Crippen LogP contribution is -2.40. The molecule has 0 aromatic heterocycles. The number of benzene rings is 1. The summed E-state index contributed by atoms with van der Waals surface area (Å²) in [6.07, 6.45) is 11.3. The van der Waals surface area contributed by atoms with E-state index in [1.54, 1.807) is 0 Å². The molecule has 2 fully saturated rings. The van der Waals surface area contributed by atoms with Gasteiger partial charge in [-0.15, -0.1) is 0 Å². The summed E-state index contributed by atoms with van der Waals surface area (Å²) in [5.74, 6) is 2.14. The first-order valence-electron chi connectivity index (χ1n) is 8.61. The van der Waals surface area contributed by atoms with Crippen LogP contribution in [0.4, 0.5) is 0 Å². The van der Waals surface area contributed by atoms with Crippen LogP contribution >= 0.6 is 0 Å². The summed E-state index contributed by atoms with van der Waals surface area (Å²) >= 11 is 0. The van der Waals surface area contributed by atoms with Crippen molar-refractivity contribution in [3.63, 3.8) is 0 Å². The second kappa shape index (κ2) is 6.76. The topological polar surface area (TPSA) is 12.0 Å². The maximum atomic E-state index is 3.90. The second-order valence-corrected chi connectivity index (χ2v) is 7.05. The summed E-state index contributed by atoms with van der Waals surface area (Å²) in [5.41, 5.74) is 1.47. The monoisotopic (exact) mass is 271 g/mol. The van der Waals surface area contributed by atoms with E-state index < -0.39 is 0 Å². The number of nitrogens with one attached hydrogen (secondary N) is 1. The quantitative estimate of drug-likeness (QED) is 0.799. The minimum Gasteiger partial charge on any atom is -0.311 e. The van der Waals surface area contributed by atoms with Gasteiger partial charge in [-0.25, -0.2) is 0 Å². The van der Waals surface area contributed by atoms with Crippen LogP contribution in [-0.2, 0) is 6.42 Å². The minimum atomic E-state index is 0.651. The van der Waals surface area contributed by atoms with Crippen molar-refractivity contribution in [2.24, 2.45) is 11.8 Å². The number of hydrogen-bond donors (Lipinski definition) is 1. The van der Waals surface area contributed by atoms with Crippen LogP contribution in [0.1, 0.15) is 57.4 Å². The molecule has 2 saturated carbocycles. The number of aryl methyl sites for hydroxylation is 1. The molecule has 110 valence electrons. The van der Waals surface area contributed by atoms with E-state index in [1.165, 1.54) is 56.9 Å². The number of rotatable bonds is 6. The van der Waals surface area contributed by atoms with Crippen molar-refractivity contribution in [2.75, 3.05) is 0 Å². The van der Waals surface area contributed by atoms with E-state index in [4.69, 9.17) is 0 Å². The lowest BCUT2D eigenvalue weighted by molar-refractivity contribution is 0.246. The van der Waals surface area contributed by atoms with Gasteiger partial charge in [-0.05, 0) is 62.8 Å². The first kappa shape index (κ1) is 14.1. The fourth-order valence-electron chi connectivity index (χ4n) is 3.89. The number of hydrogen-bond acceptors (Lipinski definition) is 1. The van der Waals surface area contributed by atoms with Crippen LogP contribution < -0.4 is 5.32 Å². The van der Waals surface area contributed by atoms with Crippen molar-refractivity contribution in [3.8, 4) is 0 Å². The van der Waals surface area contributed by atoms with Gasteiger partial charge in [0.25, 0.3) is 0 Å². The first-order valence-corrected chi connectivity index (χ1v) is 8.61. The highest BCUT2D eigenvalue weighted by molar-refractivity contribution is 5.14. The van der Waals surface area contributed by atoms with Gasteiger partial charge in [0.05, 0.1) is 0 Å². The van der Waals surface area contributed by atoms with Crippen LogP contribution in [-0.4, -0.2) is 12.1 Å². The van der Waals surface area contributed by atoms with E-state index in [1.807, 2.05) is 0 Å². The van der Waals surface area contributed by atoms with E-state index in [2.05, 4.69) is 42.6 Å². The second-order valence-electron chi connectivity index (χ2n) is 7.05. The zero-order chi connectivity index (χ0) is 13.8. The molecule has 0 spiro atoms. The molecule has 0 radical (unpaired) electrons. The van der Waals surface area contributed by atoms with Crippen LogP contribution in [0.25, 0.3) is 0 Å². The molecule has 2 aliphatic carbocycles. The predicted molar refractivity (Wildman–Crippen MR) is 85.8 cm³/mol. The van der Waals surface area contributed by atoms with Crippen LogP contribution in [0.15, 0.2) is 30.3 Å². The van der Waals surface area contributed by atoms with Gasteiger partial charge >= 0.3 is 0 Å². The van der Waals surface area contributed by atoms with E-state index >= 15 is 0 Å². The Hall–Kier alpha value is -0.820. The molecule has 0 aliphatic heterocycles. The van der Waals surface area contributed by atoms with Gasteiger partial charge in [-0.2, -0.15) is 0 Å². The van der Waals surface area contributed by atoms with E-state index in [-0.39, 0.29) is 0 Å². The minimum absolute atomic E-state index is 0.651. The molecular weight excluding hydrogens is 242 g/mol.